The lowest BCUT2D eigenvalue weighted by Gasteiger charge is -2.10. The molecule has 0 amide bonds. The predicted molar refractivity (Wildman–Crippen MR) is 85.5 cm³/mol. The van der Waals surface area contributed by atoms with Crippen LogP contribution in [0.4, 0.5) is 0 Å². The summed E-state index contributed by atoms with van der Waals surface area (Å²) in [6.45, 7) is 5.37. The van der Waals surface area contributed by atoms with Crippen LogP contribution in [0.25, 0.3) is 16.9 Å². The van der Waals surface area contributed by atoms with E-state index < -0.39 is 7.14 Å². The molecular weight excluding hydrogens is 307 g/mol. The fourth-order valence-corrected chi connectivity index (χ4v) is 3.14. The largest absolute Gasteiger partial charge is 0.318 e. The van der Waals surface area contributed by atoms with Crippen LogP contribution in [0.3, 0.4) is 0 Å². The van der Waals surface area contributed by atoms with Gasteiger partial charge in [0.2, 0.25) is 5.28 Å². The van der Waals surface area contributed by atoms with Crippen LogP contribution in [-0.4, -0.2) is 32.8 Å². The van der Waals surface area contributed by atoms with Crippen LogP contribution in [0.2, 0.25) is 5.28 Å². The topological polar surface area (TPSA) is 60.7 Å². The lowest BCUT2D eigenvalue weighted by atomic mass is 10.4. The molecule has 0 N–H and O–H groups in total. The van der Waals surface area contributed by atoms with Crippen LogP contribution in [0.5, 0.6) is 0 Å². The second kappa shape index (κ2) is 4.93. The Morgan fingerprint density at radius 2 is 2.00 bits per heavy atom. The van der Waals surface area contributed by atoms with Gasteiger partial charge in [-0.3, -0.25) is 4.57 Å². The first-order valence-electron chi connectivity index (χ1n) is 6.40. The average molecular weight is 321 g/mol. The zero-order valence-corrected chi connectivity index (χ0v) is 13.6. The minimum atomic E-state index is -2.42. The molecule has 0 radical (unpaired) electrons. The highest BCUT2D eigenvalue weighted by molar-refractivity contribution is 7.69. The Balaban J connectivity index is 2.28. The van der Waals surface area contributed by atoms with E-state index >= 15 is 0 Å². The highest BCUT2D eigenvalue weighted by atomic mass is 35.5. The van der Waals surface area contributed by atoms with E-state index in [4.69, 9.17) is 11.6 Å². The first-order chi connectivity index (χ1) is 9.86. The van der Waals surface area contributed by atoms with E-state index in [9.17, 15) is 4.57 Å². The molecule has 108 valence electrons. The molecule has 0 aliphatic carbocycles. The molecule has 3 aromatic rings. The summed E-state index contributed by atoms with van der Waals surface area (Å²) in [4.78, 5) is 12.8. The van der Waals surface area contributed by atoms with Crippen molar-refractivity contribution in [3.8, 4) is 5.82 Å². The van der Waals surface area contributed by atoms with Gasteiger partial charge in [0.1, 0.15) is 18.4 Å². The smallest absolute Gasteiger partial charge is 0.224 e. The Labute approximate surface area is 127 Å². The molecule has 5 nitrogen and oxygen atoms in total. The van der Waals surface area contributed by atoms with Gasteiger partial charge in [-0.15, -0.1) is 0 Å². The Bertz CT molecular complexity index is 884. The molecule has 0 unspecified atom stereocenters. The van der Waals surface area contributed by atoms with Crippen molar-refractivity contribution < 1.29 is 4.57 Å². The molecule has 0 bridgehead atoms. The fraction of sp³-hybridized carbons (Fsp3) is 0.214. The minimum absolute atomic E-state index is 0.189. The summed E-state index contributed by atoms with van der Waals surface area (Å²) >= 11 is 5.89. The first kappa shape index (κ1) is 14.2. The zero-order valence-electron chi connectivity index (χ0n) is 11.9. The molecule has 0 spiro atoms. The van der Waals surface area contributed by atoms with Crippen molar-refractivity contribution in [1.29, 1.82) is 0 Å². The van der Waals surface area contributed by atoms with Crippen LogP contribution in [0.1, 0.15) is 5.69 Å². The Kier molecular flexibility index (Phi) is 3.34. The van der Waals surface area contributed by atoms with E-state index in [2.05, 4.69) is 15.0 Å². The second-order valence-corrected chi connectivity index (χ2v) is 8.74. The predicted octanol–water partition coefficient (Wildman–Crippen LogP) is 3.03. The number of halogens is 1. The maximum absolute atomic E-state index is 12.2. The highest BCUT2D eigenvalue weighted by Crippen LogP contribution is 2.33. The molecule has 0 aliphatic heterocycles. The van der Waals surface area contributed by atoms with Gasteiger partial charge in [0.05, 0.1) is 0 Å². The van der Waals surface area contributed by atoms with Crippen molar-refractivity contribution in [2.75, 3.05) is 13.3 Å². The van der Waals surface area contributed by atoms with Gasteiger partial charge in [0.25, 0.3) is 0 Å². The number of fused-ring (bicyclic) bond motifs is 1. The number of hydrogen-bond donors (Lipinski definition) is 0. The summed E-state index contributed by atoms with van der Waals surface area (Å²) in [5.41, 5.74) is 2.26. The molecule has 0 aliphatic rings. The average Bonchev–Trinajstić information content (AvgIpc) is 2.73. The van der Waals surface area contributed by atoms with E-state index in [1.165, 1.54) is 0 Å². The molecule has 0 saturated carbocycles. The van der Waals surface area contributed by atoms with Gasteiger partial charge in [-0.1, -0.05) is 6.07 Å². The molecule has 0 atom stereocenters. The summed E-state index contributed by atoms with van der Waals surface area (Å²) in [5, 5.41) is 1.08. The third kappa shape index (κ3) is 2.59. The van der Waals surface area contributed by atoms with Crippen LogP contribution < -0.4 is 5.44 Å². The number of hydrogen-bond acceptors (Lipinski definition) is 4. The lowest BCUT2D eigenvalue weighted by Crippen LogP contribution is -2.12. The van der Waals surface area contributed by atoms with Gasteiger partial charge in [0, 0.05) is 17.3 Å². The standard InChI is InChI=1S/C14H14ClN4OP/c1-9-7-10-8-16-14(15)18-13(10)19(9)11-5-4-6-12(17-11)21(2,3)20/h4-8H,1-3H3. The van der Waals surface area contributed by atoms with Crippen LogP contribution in [-0.2, 0) is 4.57 Å². The zero-order chi connectivity index (χ0) is 15.2. The highest BCUT2D eigenvalue weighted by Gasteiger charge is 2.16. The quantitative estimate of drug-likeness (QED) is 0.538. The van der Waals surface area contributed by atoms with E-state index in [0.29, 0.717) is 16.9 Å². The van der Waals surface area contributed by atoms with E-state index in [0.717, 1.165) is 11.1 Å². The van der Waals surface area contributed by atoms with E-state index in [1.54, 1.807) is 25.6 Å². The molecule has 3 rings (SSSR count). The van der Waals surface area contributed by atoms with Gasteiger partial charge in [-0.25, -0.2) is 9.97 Å². The Hall–Kier alpha value is -1.71. The number of pyridine rings is 1. The van der Waals surface area contributed by atoms with Crippen molar-refractivity contribution in [3.63, 3.8) is 0 Å². The third-order valence-electron chi connectivity index (χ3n) is 3.20. The summed E-state index contributed by atoms with van der Waals surface area (Å²) < 4.78 is 14.1. The molecule has 3 aromatic heterocycles. The number of aryl methyl sites for hydroxylation is 1. The second-order valence-electron chi connectivity index (χ2n) is 5.24. The molecule has 0 saturated heterocycles. The van der Waals surface area contributed by atoms with Crippen LogP contribution in [0, 0.1) is 6.92 Å². The Morgan fingerprint density at radius 3 is 2.71 bits per heavy atom. The van der Waals surface area contributed by atoms with Crippen molar-refractivity contribution in [2.45, 2.75) is 6.92 Å². The lowest BCUT2D eigenvalue weighted by molar-refractivity contribution is 0.587. The molecule has 21 heavy (non-hydrogen) atoms. The molecule has 0 aromatic carbocycles. The van der Waals surface area contributed by atoms with Gasteiger partial charge in [-0.05, 0) is 50.1 Å². The number of aromatic nitrogens is 4. The van der Waals surface area contributed by atoms with E-state index in [-0.39, 0.29) is 5.28 Å². The maximum atomic E-state index is 12.2. The van der Waals surface area contributed by atoms with Crippen LogP contribution in [0.15, 0.2) is 30.5 Å². The number of rotatable bonds is 2. The van der Waals surface area contributed by atoms with Crippen LogP contribution >= 0.6 is 18.7 Å². The summed E-state index contributed by atoms with van der Waals surface area (Å²) in [6.07, 6.45) is 1.68. The van der Waals surface area contributed by atoms with Gasteiger partial charge in [0.15, 0.2) is 5.65 Å². The van der Waals surface area contributed by atoms with E-state index in [1.807, 2.05) is 29.7 Å². The van der Waals surface area contributed by atoms with Gasteiger partial charge >= 0.3 is 0 Å². The third-order valence-corrected chi connectivity index (χ3v) is 4.73. The summed E-state index contributed by atoms with van der Waals surface area (Å²) in [6, 6.07) is 7.47. The molecular formula is C14H14ClN4OP. The molecule has 0 fully saturated rings. The molecule has 3 heterocycles. The SMILES string of the molecule is Cc1cc2cnc(Cl)nc2n1-c1cccc(P(C)(C)=O)n1. The summed E-state index contributed by atoms with van der Waals surface area (Å²) in [5.74, 6) is 0.679. The Morgan fingerprint density at radius 1 is 1.24 bits per heavy atom. The van der Waals surface area contributed by atoms with Gasteiger partial charge in [-0.2, -0.15) is 4.98 Å². The fourth-order valence-electron chi connectivity index (χ4n) is 2.22. The maximum Gasteiger partial charge on any atom is 0.224 e. The minimum Gasteiger partial charge on any atom is -0.318 e. The molecule has 7 heteroatoms. The number of nitrogens with zero attached hydrogens (tertiary/aromatic N) is 4. The van der Waals surface area contributed by atoms with Crippen molar-refractivity contribution >= 4 is 35.2 Å². The van der Waals surface area contributed by atoms with Crippen molar-refractivity contribution in [1.82, 2.24) is 19.5 Å². The monoisotopic (exact) mass is 320 g/mol. The van der Waals surface area contributed by atoms with Crippen molar-refractivity contribution in [2.24, 2.45) is 0 Å². The normalized spacial score (nSPS) is 12.0. The van der Waals surface area contributed by atoms with Crippen molar-refractivity contribution in [3.05, 3.63) is 41.4 Å². The summed E-state index contributed by atoms with van der Waals surface area (Å²) in [7, 11) is -2.42. The first-order valence-corrected chi connectivity index (χ1v) is 9.38. The van der Waals surface area contributed by atoms with Gasteiger partial charge < -0.3 is 4.57 Å².